The van der Waals surface area contributed by atoms with Crippen LogP contribution >= 0.6 is 11.8 Å². The normalized spacial score (nSPS) is 16.8. The fourth-order valence-corrected chi connectivity index (χ4v) is 3.07. The fraction of sp³-hybridized carbons (Fsp3) is 0.667. The highest BCUT2D eigenvalue weighted by molar-refractivity contribution is 7.99. The second kappa shape index (κ2) is 6.10. The van der Waals surface area contributed by atoms with Crippen LogP contribution < -0.4 is 10.2 Å². The predicted molar refractivity (Wildman–Crippen MR) is 74.9 cm³/mol. The predicted octanol–water partition coefficient (Wildman–Crippen LogP) is 2.10. The van der Waals surface area contributed by atoms with Gasteiger partial charge >= 0.3 is 0 Å². The number of nitrogens with one attached hydrogen (secondary N) is 1. The topological polar surface area (TPSA) is 41.1 Å². The van der Waals surface area contributed by atoms with Gasteiger partial charge in [-0.05, 0) is 36.3 Å². The Morgan fingerprint density at radius 3 is 2.88 bits per heavy atom. The molecule has 1 N–H and O–H groups in total. The number of hydrogen-bond acceptors (Lipinski definition) is 5. The van der Waals surface area contributed by atoms with E-state index < -0.39 is 0 Å². The fourth-order valence-electron chi connectivity index (χ4n) is 1.86. The van der Waals surface area contributed by atoms with Crippen molar-refractivity contribution in [2.24, 2.45) is 5.92 Å². The molecule has 1 aliphatic heterocycles. The smallest absolute Gasteiger partial charge is 0.226 e. The standard InChI is InChI=1S/C12H20N4S/c1-16(2)12-13-6-3-11(15-12)14-9-10-4-7-17-8-5-10/h3,6,10H,4-5,7-9H2,1-2H3,(H,13,14,15). The van der Waals surface area contributed by atoms with Crippen LogP contribution in [0.2, 0.25) is 0 Å². The summed E-state index contributed by atoms with van der Waals surface area (Å²) in [6, 6.07) is 1.94. The van der Waals surface area contributed by atoms with Crippen LogP contribution in [0, 0.1) is 5.92 Å². The molecular weight excluding hydrogens is 232 g/mol. The highest BCUT2D eigenvalue weighted by Gasteiger charge is 2.13. The molecule has 1 aromatic heterocycles. The quantitative estimate of drug-likeness (QED) is 0.888. The molecule has 5 heteroatoms. The first-order valence-electron chi connectivity index (χ1n) is 6.07. The van der Waals surface area contributed by atoms with Gasteiger partial charge in [0.05, 0.1) is 0 Å². The second-order valence-electron chi connectivity index (χ2n) is 4.57. The van der Waals surface area contributed by atoms with Crippen LogP contribution in [0.5, 0.6) is 0 Å². The van der Waals surface area contributed by atoms with E-state index in [4.69, 9.17) is 0 Å². The number of nitrogens with zero attached hydrogens (tertiary/aromatic N) is 3. The molecule has 0 aliphatic carbocycles. The van der Waals surface area contributed by atoms with E-state index in [-0.39, 0.29) is 0 Å². The summed E-state index contributed by atoms with van der Waals surface area (Å²) >= 11 is 2.07. The summed E-state index contributed by atoms with van der Waals surface area (Å²) in [5.41, 5.74) is 0. The number of rotatable bonds is 4. The maximum atomic E-state index is 4.46. The molecule has 0 amide bonds. The van der Waals surface area contributed by atoms with E-state index in [0.717, 1.165) is 24.2 Å². The van der Waals surface area contributed by atoms with E-state index in [1.54, 1.807) is 6.20 Å². The Hall–Kier alpha value is -0.970. The van der Waals surface area contributed by atoms with Gasteiger partial charge < -0.3 is 10.2 Å². The average molecular weight is 252 g/mol. The lowest BCUT2D eigenvalue weighted by molar-refractivity contribution is 0.515. The van der Waals surface area contributed by atoms with Gasteiger partial charge in [-0.3, -0.25) is 0 Å². The Morgan fingerprint density at radius 2 is 2.18 bits per heavy atom. The van der Waals surface area contributed by atoms with E-state index in [0.29, 0.717) is 0 Å². The van der Waals surface area contributed by atoms with Crippen LogP contribution in [-0.4, -0.2) is 42.1 Å². The van der Waals surface area contributed by atoms with E-state index >= 15 is 0 Å². The molecule has 0 bridgehead atoms. The van der Waals surface area contributed by atoms with Gasteiger partial charge in [-0.15, -0.1) is 0 Å². The summed E-state index contributed by atoms with van der Waals surface area (Å²) in [5.74, 6) is 5.10. The summed E-state index contributed by atoms with van der Waals surface area (Å²) in [6.45, 7) is 1.03. The van der Waals surface area contributed by atoms with Gasteiger partial charge in [0.2, 0.25) is 5.95 Å². The number of anilines is 2. The molecule has 4 nitrogen and oxygen atoms in total. The molecule has 1 aromatic rings. The van der Waals surface area contributed by atoms with Crippen LogP contribution in [-0.2, 0) is 0 Å². The lowest BCUT2D eigenvalue weighted by Gasteiger charge is -2.22. The summed E-state index contributed by atoms with van der Waals surface area (Å²) < 4.78 is 0. The van der Waals surface area contributed by atoms with Gasteiger partial charge in [0.25, 0.3) is 0 Å². The molecule has 0 radical (unpaired) electrons. The zero-order valence-corrected chi connectivity index (χ0v) is 11.3. The minimum absolute atomic E-state index is 0.759. The van der Waals surface area contributed by atoms with Gasteiger partial charge in [0, 0.05) is 26.8 Å². The third-order valence-electron chi connectivity index (χ3n) is 2.96. The van der Waals surface area contributed by atoms with Crippen molar-refractivity contribution in [2.45, 2.75) is 12.8 Å². The van der Waals surface area contributed by atoms with Crippen molar-refractivity contribution in [1.29, 1.82) is 0 Å². The lowest BCUT2D eigenvalue weighted by atomic mass is 10.0. The number of hydrogen-bond donors (Lipinski definition) is 1. The van der Waals surface area contributed by atoms with Crippen molar-refractivity contribution in [2.75, 3.05) is 42.4 Å². The molecule has 17 heavy (non-hydrogen) atoms. The molecule has 1 saturated heterocycles. The van der Waals surface area contributed by atoms with Crippen molar-refractivity contribution >= 4 is 23.5 Å². The Balaban J connectivity index is 1.87. The molecule has 94 valence electrons. The van der Waals surface area contributed by atoms with Crippen LogP contribution in [0.25, 0.3) is 0 Å². The van der Waals surface area contributed by atoms with Gasteiger partial charge in [0.15, 0.2) is 0 Å². The van der Waals surface area contributed by atoms with Crippen molar-refractivity contribution in [1.82, 2.24) is 9.97 Å². The van der Waals surface area contributed by atoms with Crippen LogP contribution in [0.1, 0.15) is 12.8 Å². The van der Waals surface area contributed by atoms with Gasteiger partial charge in [-0.1, -0.05) is 0 Å². The average Bonchev–Trinajstić information content (AvgIpc) is 2.38. The zero-order chi connectivity index (χ0) is 12.1. The van der Waals surface area contributed by atoms with Gasteiger partial charge in [-0.2, -0.15) is 16.7 Å². The SMILES string of the molecule is CN(C)c1nccc(NCC2CCSCC2)n1. The van der Waals surface area contributed by atoms with Crippen molar-refractivity contribution < 1.29 is 0 Å². The molecular formula is C12H20N4S. The molecule has 0 atom stereocenters. The molecule has 0 aromatic carbocycles. The maximum absolute atomic E-state index is 4.46. The molecule has 2 rings (SSSR count). The van der Waals surface area contributed by atoms with Crippen molar-refractivity contribution in [3.05, 3.63) is 12.3 Å². The van der Waals surface area contributed by atoms with Crippen LogP contribution in [0.3, 0.4) is 0 Å². The molecule has 0 unspecified atom stereocenters. The number of aromatic nitrogens is 2. The largest absolute Gasteiger partial charge is 0.370 e. The second-order valence-corrected chi connectivity index (χ2v) is 5.80. The van der Waals surface area contributed by atoms with E-state index in [9.17, 15) is 0 Å². The van der Waals surface area contributed by atoms with Gasteiger partial charge in [-0.25, -0.2) is 4.98 Å². The molecule has 2 heterocycles. The van der Waals surface area contributed by atoms with Crippen LogP contribution in [0.4, 0.5) is 11.8 Å². The first-order chi connectivity index (χ1) is 8.25. The first-order valence-corrected chi connectivity index (χ1v) is 7.23. The van der Waals surface area contributed by atoms with E-state index in [2.05, 4.69) is 27.0 Å². The third kappa shape index (κ3) is 3.77. The molecule has 1 aliphatic rings. The third-order valence-corrected chi connectivity index (χ3v) is 4.00. The zero-order valence-electron chi connectivity index (χ0n) is 10.5. The summed E-state index contributed by atoms with van der Waals surface area (Å²) in [4.78, 5) is 10.6. The summed E-state index contributed by atoms with van der Waals surface area (Å²) in [6.07, 6.45) is 4.45. The summed E-state index contributed by atoms with van der Waals surface area (Å²) in [7, 11) is 3.91. The Bertz CT molecular complexity index is 350. The Labute approximate surface area is 107 Å². The van der Waals surface area contributed by atoms with Crippen LogP contribution in [0.15, 0.2) is 12.3 Å². The van der Waals surface area contributed by atoms with E-state index in [1.807, 2.05) is 25.1 Å². The monoisotopic (exact) mass is 252 g/mol. The minimum Gasteiger partial charge on any atom is -0.370 e. The summed E-state index contributed by atoms with van der Waals surface area (Å²) in [5, 5.41) is 3.42. The van der Waals surface area contributed by atoms with Crippen molar-refractivity contribution in [3.8, 4) is 0 Å². The molecule has 1 fully saturated rings. The molecule has 0 spiro atoms. The number of thioether (sulfide) groups is 1. The van der Waals surface area contributed by atoms with Gasteiger partial charge in [0.1, 0.15) is 5.82 Å². The van der Waals surface area contributed by atoms with Crippen molar-refractivity contribution in [3.63, 3.8) is 0 Å². The van der Waals surface area contributed by atoms with E-state index in [1.165, 1.54) is 24.3 Å². The first kappa shape index (κ1) is 12.5. The highest BCUT2D eigenvalue weighted by Crippen LogP contribution is 2.22. The maximum Gasteiger partial charge on any atom is 0.226 e. The highest BCUT2D eigenvalue weighted by atomic mass is 32.2. The lowest BCUT2D eigenvalue weighted by Crippen LogP contribution is -2.20. The molecule has 0 saturated carbocycles. The Morgan fingerprint density at radius 1 is 1.41 bits per heavy atom. The minimum atomic E-state index is 0.759. The Kier molecular flexibility index (Phi) is 4.48.